The largest absolute Gasteiger partial charge is 0.503 e. The number of thioether (sulfide) groups is 1. The van der Waals surface area contributed by atoms with Crippen LogP contribution in [-0.2, 0) is 9.53 Å². The Bertz CT molecular complexity index is 1120. The average Bonchev–Trinajstić information content (AvgIpc) is 2.84. The van der Waals surface area contributed by atoms with E-state index in [0.29, 0.717) is 0 Å². The number of ketones is 1. The lowest BCUT2D eigenvalue weighted by molar-refractivity contribution is -0.152. The molecule has 2 aromatic carbocycles. The normalized spacial score (nSPS) is 13.5. The summed E-state index contributed by atoms with van der Waals surface area (Å²) in [5, 5.41) is 9.91. The van der Waals surface area contributed by atoms with Crippen LogP contribution in [0, 0.1) is 11.7 Å². The summed E-state index contributed by atoms with van der Waals surface area (Å²) in [6.45, 7) is 3.38. The van der Waals surface area contributed by atoms with E-state index >= 15 is 0 Å². The lowest BCUT2D eigenvalue weighted by Crippen LogP contribution is -2.26. The van der Waals surface area contributed by atoms with Gasteiger partial charge < -0.3 is 14.6 Å². The summed E-state index contributed by atoms with van der Waals surface area (Å²) in [5.41, 5.74) is 0.799. The molecule has 3 aromatic rings. The molecule has 178 valence electrons. The van der Waals surface area contributed by atoms with Crippen molar-refractivity contribution in [2.45, 2.75) is 36.5 Å². The maximum absolute atomic E-state index is 13.3. The van der Waals surface area contributed by atoms with Gasteiger partial charge in [0.2, 0.25) is 0 Å². The van der Waals surface area contributed by atoms with Gasteiger partial charge >= 0.3 is 5.97 Å². The minimum Gasteiger partial charge on any atom is -0.503 e. The van der Waals surface area contributed by atoms with Gasteiger partial charge in [0, 0.05) is 23.6 Å². The van der Waals surface area contributed by atoms with Crippen molar-refractivity contribution in [3.05, 3.63) is 83.9 Å². The highest BCUT2D eigenvalue weighted by molar-refractivity contribution is 7.99. The van der Waals surface area contributed by atoms with E-state index in [1.54, 1.807) is 26.0 Å². The molecule has 0 saturated carbocycles. The molecule has 34 heavy (non-hydrogen) atoms. The summed E-state index contributed by atoms with van der Waals surface area (Å²) in [6.07, 6.45) is 0.639. The van der Waals surface area contributed by atoms with Crippen molar-refractivity contribution in [1.29, 1.82) is 0 Å². The number of hydrogen-bond donors (Lipinski definition) is 1. The molecule has 8 heteroatoms. The summed E-state index contributed by atoms with van der Waals surface area (Å²) in [5.74, 6) is -2.34. The molecule has 0 bridgehead atoms. The summed E-state index contributed by atoms with van der Waals surface area (Å²) in [6, 6.07) is 17.1. The van der Waals surface area contributed by atoms with Crippen LogP contribution in [0.3, 0.4) is 0 Å². The predicted octanol–water partition coefficient (Wildman–Crippen LogP) is 5.61. The Morgan fingerprint density at radius 3 is 2.38 bits per heavy atom. The molecule has 0 radical (unpaired) electrons. The molecule has 3 atom stereocenters. The van der Waals surface area contributed by atoms with Crippen LogP contribution in [0.1, 0.15) is 41.6 Å². The molecule has 0 aliphatic heterocycles. The zero-order valence-corrected chi connectivity index (χ0v) is 19.9. The van der Waals surface area contributed by atoms with Crippen molar-refractivity contribution in [2.24, 2.45) is 5.92 Å². The van der Waals surface area contributed by atoms with Crippen molar-refractivity contribution in [1.82, 2.24) is 4.98 Å². The number of nitrogens with zero attached hydrogens (tertiary/aromatic N) is 1. The lowest BCUT2D eigenvalue weighted by atomic mass is 10.0. The molecule has 0 amide bonds. The number of hydrogen-bond acceptors (Lipinski definition) is 7. The monoisotopic (exact) mass is 483 g/mol. The van der Waals surface area contributed by atoms with Crippen LogP contribution < -0.4 is 4.74 Å². The van der Waals surface area contributed by atoms with Crippen molar-refractivity contribution < 1.29 is 28.6 Å². The first-order valence-corrected chi connectivity index (χ1v) is 11.6. The number of Topliss-reactive ketones (excluding diaryl/α,β-unsaturated/α-hetero) is 1. The van der Waals surface area contributed by atoms with Gasteiger partial charge in [-0.05, 0) is 36.8 Å². The second-order valence-electron chi connectivity index (χ2n) is 7.78. The SMILES string of the molecule is COc1ccnc(C(=O)C[C@@H](C)C(=O)O[C@@H](C)[C@H](Sc2ccc(F)cc2)c2ccccc2)c1O. The number of halogens is 1. The molecular weight excluding hydrogens is 457 g/mol. The molecule has 0 fully saturated rings. The third-order valence-electron chi connectivity index (χ3n) is 5.20. The molecule has 1 N–H and O–H groups in total. The van der Waals surface area contributed by atoms with Gasteiger partial charge in [-0.3, -0.25) is 9.59 Å². The fourth-order valence-corrected chi connectivity index (χ4v) is 4.49. The summed E-state index contributed by atoms with van der Waals surface area (Å²) >= 11 is 1.46. The Morgan fingerprint density at radius 1 is 1.06 bits per heavy atom. The molecule has 6 nitrogen and oxygen atoms in total. The van der Waals surface area contributed by atoms with Crippen LogP contribution in [-0.4, -0.2) is 35.1 Å². The van der Waals surface area contributed by atoms with E-state index in [1.165, 1.54) is 43.3 Å². The first-order chi connectivity index (χ1) is 16.3. The fraction of sp³-hybridized carbons (Fsp3) is 0.269. The van der Waals surface area contributed by atoms with Crippen molar-refractivity contribution in [2.75, 3.05) is 7.11 Å². The quantitative estimate of drug-likeness (QED) is 0.228. The smallest absolute Gasteiger partial charge is 0.309 e. The highest BCUT2D eigenvalue weighted by Crippen LogP contribution is 2.39. The molecule has 3 rings (SSSR count). The zero-order valence-electron chi connectivity index (χ0n) is 19.1. The Labute approximate surface area is 202 Å². The number of benzene rings is 2. The maximum Gasteiger partial charge on any atom is 0.309 e. The van der Waals surface area contributed by atoms with Crippen LogP contribution in [0.4, 0.5) is 4.39 Å². The summed E-state index contributed by atoms with van der Waals surface area (Å²) < 4.78 is 24.1. The van der Waals surface area contributed by atoms with Crippen LogP contribution in [0.2, 0.25) is 0 Å². The first kappa shape index (κ1) is 25.2. The van der Waals surface area contributed by atoms with Gasteiger partial charge in [0.15, 0.2) is 23.0 Å². The van der Waals surface area contributed by atoms with E-state index in [9.17, 15) is 19.1 Å². The third kappa shape index (κ3) is 6.35. The van der Waals surface area contributed by atoms with Crippen LogP contribution in [0.15, 0.2) is 71.8 Å². The van der Waals surface area contributed by atoms with Gasteiger partial charge in [-0.1, -0.05) is 37.3 Å². The van der Waals surface area contributed by atoms with Crippen LogP contribution in [0.5, 0.6) is 11.5 Å². The van der Waals surface area contributed by atoms with Gasteiger partial charge in [0.1, 0.15) is 11.9 Å². The van der Waals surface area contributed by atoms with Gasteiger partial charge in [0.05, 0.1) is 18.3 Å². The number of aromatic hydroxyl groups is 1. The Kier molecular flexibility index (Phi) is 8.65. The zero-order chi connectivity index (χ0) is 24.7. The van der Waals surface area contributed by atoms with Crippen molar-refractivity contribution in [3.63, 3.8) is 0 Å². The molecule has 0 saturated heterocycles. The van der Waals surface area contributed by atoms with Crippen molar-refractivity contribution >= 4 is 23.5 Å². The maximum atomic E-state index is 13.3. The van der Waals surface area contributed by atoms with Gasteiger partial charge in [-0.25, -0.2) is 9.37 Å². The van der Waals surface area contributed by atoms with Gasteiger partial charge in [0.25, 0.3) is 0 Å². The van der Waals surface area contributed by atoms with Crippen molar-refractivity contribution in [3.8, 4) is 11.5 Å². The molecule has 0 aliphatic carbocycles. The summed E-state index contributed by atoms with van der Waals surface area (Å²) in [7, 11) is 1.37. The van der Waals surface area contributed by atoms with E-state index in [4.69, 9.17) is 9.47 Å². The van der Waals surface area contributed by atoms with E-state index in [2.05, 4.69) is 4.98 Å². The Hall–Kier alpha value is -3.39. The number of ether oxygens (including phenoxy) is 2. The number of carbonyl (C=O) groups excluding carboxylic acids is 2. The topological polar surface area (TPSA) is 85.7 Å². The second-order valence-corrected chi connectivity index (χ2v) is 9.00. The number of esters is 1. The highest BCUT2D eigenvalue weighted by atomic mass is 32.2. The predicted molar refractivity (Wildman–Crippen MR) is 128 cm³/mol. The minimum absolute atomic E-state index is 0.130. The second kappa shape index (κ2) is 11.7. The average molecular weight is 484 g/mol. The molecule has 0 spiro atoms. The van der Waals surface area contributed by atoms with Crippen LogP contribution >= 0.6 is 11.8 Å². The van der Waals surface area contributed by atoms with E-state index in [1.807, 2.05) is 30.3 Å². The third-order valence-corrected chi connectivity index (χ3v) is 6.65. The molecule has 1 aromatic heterocycles. The summed E-state index contributed by atoms with van der Waals surface area (Å²) in [4.78, 5) is 30.2. The van der Waals surface area contributed by atoms with E-state index in [0.717, 1.165) is 10.5 Å². The standard InChI is InChI=1S/C26H26FNO5S/c1-16(15-21(29)23-24(30)22(32-3)13-14-28-23)26(31)33-17(2)25(18-7-5-4-6-8-18)34-20-11-9-19(27)10-12-20/h4-14,16-17,25,30H,15H2,1-3H3/t16-,17+,25+/m1/s1. The minimum atomic E-state index is -0.755. The highest BCUT2D eigenvalue weighted by Gasteiger charge is 2.28. The lowest BCUT2D eigenvalue weighted by Gasteiger charge is -2.25. The van der Waals surface area contributed by atoms with E-state index < -0.39 is 23.8 Å². The molecule has 0 aliphatic rings. The number of pyridine rings is 1. The first-order valence-electron chi connectivity index (χ1n) is 10.7. The van der Waals surface area contributed by atoms with Gasteiger partial charge in [-0.15, -0.1) is 11.8 Å². The molecule has 1 heterocycles. The molecule has 0 unspecified atom stereocenters. The van der Waals surface area contributed by atoms with Crippen LogP contribution in [0.25, 0.3) is 0 Å². The molecular formula is C26H26FNO5S. The number of aromatic nitrogens is 1. The Balaban J connectivity index is 1.70. The fourth-order valence-electron chi connectivity index (χ4n) is 3.36. The number of carbonyl (C=O) groups is 2. The van der Waals surface area contributed by atoms with E-state index in [-0.39, 0.29) is 34.7 Å². The van der Waals surface area contributed by atoms with Gasteiger partial charge in [-0.2, -0.15) is 0 Å². The Morgan fingerprint density at radius 2 is 1.74 bits per heavy atom. The number of methoxy groups -OCH3 is 1. The number of rotatable bonds is 10.